The van der Waals surface area contributed by atoms with Crippen LogP contribution in [0.25, 0.3) is 0 Å². The minimum Gasteiger partial charge on any atom is -0.508 e. The average molecular weight is 336 g/mol. The van der Waals surface area contributed by atoms with E-state index in [0.717, 1.165) is 5.56 Å². The number of alkyl carbamates (subject to hydrolysis) is 1. The first-order chi connectivity index (χ1) is 10.9. The first-order valence-corrected chi connectivity index (χ1v) is 7.95. The van der Waals surface area contributed by atoms with Crippen LogP contribution < -0.4 is 10.6 Å². The number of amides is 2. The van der Waals surface area contributed by atoms with E-state index in [4.69, 9.17) is 4.74 Å². The number of ether oxygens (including phenoxy) is 1. The Labute approximate surface area is 143 Å². The van der Waals surface area contributed by atoms with Crippen LogP contribution in [0.2, 0.25) is 0 Å². The van der Waals surface area contributed by atoms with Gasteiger partial charge >= 0.3 is 6.09 Å². The third-order valence-electron chi connectivity index (χ3n) is 2.88. The third kappa shape index (κ3) is 7.85. The van der Waals surface area contributed by atoms with Crippen molar-refractivity contribution in [2.75, 3.05) is 0 Å². The summed E-state index contributed by atoms with van der Waals surface area (Å²) in [5, 5.41) is 14.8. The van der Waals surface area contributed by atoms with Crippen molar-refractivity contribution >= 4 is 12.0 Å². The molecule has 6 heteroatoms. The zero-order valence-corrected chi connectivity index (χ0v) is 15.3. The number of hydrogen-bond acceptors (Lipinski definition) is 4. The summed E-state index contributed by atoms with van der Waals surface area (Å²) in [7, 11) is 0. The monoisotopic (exact) mass is 336 g/mol. The molecule has 0 saturated heterocycles. The minimum absolute atomic E-state index is 0.148. The zero-order valence-electron chi connectivity index (χ0n) is 15.3. The van der Waals surface area contributed by atoms with Crippen LogP contribution in [-0.2, 0) is 16.0 Å². The molecule has 1 aromatic carbocycles. The van der Waals surface area contributed by atoms with Crippen molar-refractivity contribution in [3.05, 3.63) is 29.8 Å². The van der Waals surface area contributed by atoms with Gasteiger partial charge in [0.15, 0.2) is 0 Å². The molecule has 0 heterocycles. The van der Waals surface area contributed by atoms with E-state index in [-0.39, 0.29) is 11.7 Å². The van der Waals surface area contributed by atoms with Gasteiger partial charge in [0, 0.05) is 12.0 Å². The number of carbonyl (C=O) groups excluding carboxylic acids is 2. The van der Waals surface area contributed by atoms with Gasteiger partial charge in [-0.15, -0.1) is 0 Å². The van der Waals surface area contributed by atoms with E-state index in [1.807, 2.05) is 20.8 Å². The van der Waals surface area contributed by atoms with Gasteiger partial charge in [0.1, 0.15) is 17.4 Å². The fraction of sp³-hybridized carbons (Fsp3) is 0.556. The molecule has 6 nitrogen and oxygen atoms in total. The lowest BCUT2D eigenvalue weighted by Crippen LogP contribution is -2.53. The Morgan fingerprint density at radius 2 is 1.62 bits per heavy atom. The molecule has 2 amide bonds. The lowest BCUT2D eigenvalue weighted by atomic mass is 10.0. The predicted octanol–water partition coefficient (Wildman–Crippen LogP) is 2.74. The summed E-state index contributed by atoms with van der Waals surface area (Å²) in [5.41, 5.74) is -0.244. The molecular formula is C18H28N2O4. The van der Waals surface area contributed by atoms with Gasteiger partial charge in [0.2, 0.25) is 5.91 Å². The van der Waals surface area contributed by atoms with Crippen LogP contribution in [0.4, 0.5) is 4.79 Å². The smallest absolute Gasteiger partial charge is 0.408 e. The molecule has 0 spiro atoms. The van der Waals surface area contributed by atoms with Crippen LogP contribution in [-0.4, -0.2) is 34.3 Å². The number of benzene rings is 1. The number of hydrogen-bond donors (Lipinski definition) is 3. The van der Waals surface area contributed by atoms with Crippen LogP contribution in [0.15, 0.2) is 24.3 Å². The van der Waals surface area contributed by atoms with Gasteiger partial charge in [0.05, 0.1) is 0 Å². The molecule has 0 saturated carbocycles. The summed E-state index contributed by atoms with van der Waals surface area (Å²) in [6.45, 7) is 10.9. The molecule has 0 aromatic heterocycles. The van der Waals surface area contributed by atoms with Crippen molar-refractivity contribution in [2.24, 2.45) is 0 Å². The highest BCUT2D eigenvalue weighted by Crippen LogP contribution is 2.13. The van der Waals surface area contributed by atoms with Crippen molar-refractivity contribution < 1.29 is 19.4 Å². The Bertz CT molecular complexity index is 568. The Morgan fingerprint density at radius 1 is 1.08 bits per heavy atom. The van der Waals surface area contributed by atoms with E-state index in [1.165, 1.54) is 0 Å². The van der Waals surface area contributed by atoms with Gasteiger partial charge in [-0.1, -0.05) is 12.1 Å². The van der Waals surface area contributed by atoms with Crippen molar-refractivity contribution in [3.63, 3.8) is 0 Å². The van der Waals surface area contributed by atoms with Crippen LogP contribution in [0, 0.1) is 0 Å². The Kier molecular flexibility index (Phi) is 6.23. The molecule has 1 aromatic rings. The molecule has 0 aliphatic rings. The number of carbonyl (C=O) groups is 2. The predicted molar refractivity (Wildman–Crippen MR) is 92.9 cm³/mol. The second kappa shape index (κ2) is 7.55. The maximum absolute atomic E-state index is 12.5. The Morgan fingerprint density at radius 3 is 2.08 bits per heavy atom. The SMILES string of the molecule is CC(C)(C)NC(=O)[C@@H](Cc1ccc(O)cc1)NC(=O)OC(C)(C)C. The van der Waals surface area contributed by atoms with Gasteiger partial charge in [-0.05, 0) is 59.2 Å². The fourth-order valence-corrected chi connectivity index (χ4v) is 1.98. The summed E-state index contributed by atoms with van der Waals surface area (Å²) in [6, 6.07) is 5.74. The number of nitrogens with one attached hydrogen (secondary N) is 2. The number of phenols is 1. The number of rotatable bonds is 4. The first-order valence-electron chi connectivity index (χ1n) is 7.95. The van der Waals surface area contributed by atoms with Gasteiger partial charge < -0.3 is 20.5 Å². The Balaban J connectivity index is 2.88. The van der Waals surface area contributed by atoms with Crippen molar-refractivity contribution in [2.45, 2.75) is 65.1 Å². The normalized spacial score (nSPS) is 13.1. The topological polar surface area (TPSA) is 87.7 Å². The largest absolute Gasteiger partial charge is 0.508 e. The van der Waals surface area contributed by atoms with E-state index in [2.05, 4.69) is 10.6 Å². The van der Waals surface area contributed by atoms with E-state index < -0.39 is 23.3 Å². The lowest BCUT2D eigenvalue weighted by molar-refractivity contribution is -0.124. The first kappa shape index (κ1) is 19.8. The summed E-state index contributed by atoms with van der Waals surface area (Å²) < 4.78 is 5.24. The maximum atomic E-state index is 12.5. The van der Waals surface area contributed by atoms with Gasteiger partial charge in [0.25, 0.3) is 0 Å². The van der Waals surface area contributed by atoms with Gasteiger partial charge in [-0.3, -0.25) is 4.79 Å². The quantitative estimate of drug-likeness (QED) is 0.789. The average Bonchev–Trinajstić information content (AvgIpc) is 2.36. The van der Waals surface area contributed by atoms with Gasteiger partial charge in [-0.25, -0.2) is 4.79 Å². The summed E-state index contributed by atoms with van der Waals surface area (Å²) >= 11 is 0. The molecule has 0 unspecified atom stereocenters. The summed E-state index contributed by atoms with van der Waals surface area (Å²) in [5.74, 6) is -0.143. The molecular weight excluding hydrogens is 308 g/mol. The molecule has 134 valence electrons. The van der Waals surface area contributed by atoms with Gasteiger partial charge in [-0.2, -0.15) is 0 Å². The molecule has 0 aliphatic heterocycles. The number of aromatic hydroxyl groups is 1. The standard InChI is InChI=1S/C18H28N2O4/c1-17(2,3)20-15(22)14(19-16(23)24-18(4,5)6)11-12-7-9-13(21)10-8-12/h7-10,14,21H,11H2,1-6H3,(H,19,23)(H,20,22)/t14-/m1/s1. The third-order valence-corrected chi connectivity index (χ3v) is 2.88. The Hall–Kier alpha value is -2.24. The van der Waals surface area contributed by atoms with Crippen LogP contribution >= 0.6 is 0 Å². The molecule has 24 heavy (non-hydrogen) atoms. The van der Waals surface area contributed by atoms with E-state index in [9.17, 15) is 14.7 Å². The molecule has 0 fully saturated rings. The molecule has 0 bridgehead atoms. The van der Waals surface area contributed by atoms with E-state index in [1.54, 1.807) is 45.0 Å². The molecule has 1 atom stereocenters. The molecule has 0 aliphatic carbocycles. The highest BCUT2D eigenvalue weighted by Gasteiger charge is 2.27. The second-order valence-electron chi connectivity index (χ2n) is 7.81. The van der Waals surface area contributed by atoms with Crippen LogP contribution in [0.5, 0.6) is 5.75 Å². The van der Waals surface area contributed by atoms with Crippen molar-refractivity contribution in [1.29, 1.82) is 0 Å². The van der Waals surface area contributed by atoms with Crippen molar-refractivity contribution in [1.82, 2.24) is 10.6 Å². The highest BCUT2D eigenvalue weighted by atomic mass is 16.6. The molecule has 0 radical (unpaired) electrons. The zero-order chi connectivity index (χ0) is 18.5. The second-order valence-corrected chi connectivity index (χ2v) is 7.81. The van der Waals surface area contributed by atoms with Crippen molar-refractivity contribution in [3.8, 4) is 5.75 Å². The highest BCUT2D eigenvalue weighted by molar-refractivity contribution is 5.86. The molecule has 1 rings (SSSR count). The molecule has 3 N–H and O–H groups in total. The number of phenolic OH excluding ortho intramolecular Hbond substituents is 1. The summed E-state index contributed by atoms with van der Waals surface area (Å²) in [6.07, 6.45) is -0.350. The van der Waals surface area contributed by atoms with E-state index >= 15 is 0 Å². The fourth-order valence-electron chi connectivity index (χ4n) is 1.98. The lowest BCUT2D eigenvalue weighted by Gasteiger charge is -2.27. The maximum Gasteiger partial charge on any atom is 0.408 e. The van der Waals surface area contributed by atoms with Crippen LogP contribution in [0.1, 0.15) is 47.1 Å². The van der Waals surface area contributed by atoms with Crippen LogP contribution in [0.3, 0.4) is 0 Å². The minimum atomic E-state index is -0.774. The summed E-state index contributed by atoms with van der Waals surface area (Å²) in [4.78, 5) is 24.5. The van der Waals surface area contributed by atoms with E-state index in [0.29, 0.717) is 6.42 Å².